The molecule has 1 aromatic heterocycles. The van der Waals surface area contributed by atoms with Gasteiger partial charge in [0.15, 0.2) is 0 Å². The molecule has 0 amide bonds. The highest BCUT2D eigenvalue weighted by atomic mass is 79.9. The number of hydrogen-bond donors (Lipinski definition) is 0. The van der Waals surface area contributed by atoms with Crippen LogP contribution in [0.25, 0.3) is 0 Å². The number of hydrogen-bond acceptors (Lipinski definition) is 1. The van der Waals surface area contributed by atoms with E-state index < -0.39 is 12.2 Å². The van der Waals surface area contributed by atoms with Crippen LogP contribution >= 0.6 is 15.9 Å². The second kappa shape index (κ2) is 3.25. The van der Waals surface area contributed by atoms with Gasteiger partial charge in [-0.25, -0.2) is 4.98 Å². The highest BCUT2D eigenvalue weighted by Crippen LogP contribution is 2.38. The number of fused-ring (bicyclic) bond motifs is 1. The van der Waals surface area contributed by atoms with Gasteiger partial charge in [0, 0.05) is 12.6 Å². The molecular weight excluding hydrogens is 261 g/mol. The van der Waals surface area contributed by atoms with Crippen LogP contribution in [0.1, 0.15) is 24.7 Å². The molecule has 1 aliphatic heterocycles. The number of imidazole rings is 1. The van der Waals surface area contributed by atoms with Crippen LogP contribution in [-0.2, 0) is 6.42 Å². The molecule has 1 aliphatic rings. The van der Waals surface area contributed by atoms with Crippen LogP contribution in [0.3, 0.4) is 0 Å². The Hall–Kier alpha value is -0.520. The summed E-state index contributed by atoms with van der Waals surface area (Å²) in [6, 6.07) is -1.40. The molecule has 78 valence electrons. The summed E-state index contributed by atoms with van der Waals surface area (Å²) >= 11 is 3.09. The van der Waals surface area contributed by atoms with Crippen molar-refractivity contribution in [3.63, 3.8) is 0 Å². The summed E-state index contributed by atoms with van der Waals surface area (Å²) in [5.74, 6) is 0.519. The Kier molecular flexibility index (Phi) is 2.33. The number of aromatic nitrogens is 2. The molecule has 1 unspecified atom stereocenters. The van der Waals surface area contributed by atoms with E-state index in [-0.39, 0.29) is 6.42 Å². The third-order valence-corrected chi connectivity index (χ3v) is 2.75. The molecule has 0 fully saturated rings. The highest BCUT2D eigenvalue weighted by Gasteiger charge is 2.43. The zero-order valence-corrected chi connectivity index (χ0v) is 8.77. The van der Waals surface area contributed by atoms with Gasteiger partial charge in [-0.1, -0.05) is 0 Å². The molecule has 1 aromatic rings. The van der Waals surface area contributed by atoms with Crippen LogP contribution in [0, 0.1) is 0 Å². The van der Waals surface area contributed by atoms with E-state index in [1.165, 1.54) is 10.8 Å². The minimum absolute atomic E-state index is 0.152. The maximum Gasteiger partial charge on any atom is 0.409 e. The summed E-state index contributed by atoms with van der Waals surface area (Å²) in [5.41, 5.74) is 0. The molecule has 0 N–H and O–H groups in total. The molecule has 0 saturated heterocycles. The molecule has 0 spiro atoms. The van der Waals surface area contributed by atoms with E-state index in [4.69, 9.17) is 0 Å². The van der Waals surface area contributed by atoms with Crippen molar-refractivity contribution < 1.29 is 13.2 Å². The summed E-state index contributed by atoms with van der Waals surface area (Å²) in [7, 11) is 0. The lowest BCUT2D eigenvalue weighted by Gasteiger charge is -2.26. The predicted octanol–water partition coefficient (Wildman–Crippen LogP) is 3.09. The first kappa shape index (κ1) is 10.0. The van der Waals surface area contributed by atoms with Crippen molar-refractivity contribution in [2.75, 3.05) is 0 Å². The van der Waals surface area contributed by atoms with E-state index in [1.807, 2.05) is 0 Å². The maximum atomic E-state index is 12.6. The summed E-state index contributed by atoms with van der Waals surface area (Å²) in [5, 5.41) is 0. The normalized spacial score (nSPS) is 22.1. The van der Waals surface area contributed by atoms with Crippen LogP contribution in [0.5, 0.6) is 0 Å². The van der Waals surface area contributed by atoms with Crippen LogP contribution in [-0.4, -0.2) is 15.7 Å². The van der Waals surface area contributed by atoms with Gasteiger partial charge in [0.05, 0.1) is 0 Å². The molecule has 0 aliphatic carbocycles. The van der Waals surface area contributed by atoms with Gasteiger partial charge in [0.1, 0.15) is 16.5 Å². The van der Waals surface area contributed by atoms with Crippen molar-refractivity contribution in [2.24, 2.45) is 0 Å². The molecule has 2 rings (SSSR count). The smallest absolute Gasteiger partial charge is 0.322 e. The van der Waals surface area contributed by atoms with Crippen molar-refractivity contribution in [2.45, 2.75) is 31.5 Å². The predicted molar refractivity (Wildman–Crippen MR) is 48.0 cm³/mol. The summed E-state index contributed by atoms with van der Waals surface area (Å²) < 4.78 is 39.4. The number of alkyl halides is 3. The van der Waals surface area contributed by atoms with E-state index in [9.17, 15) is 13.2 Å². The Morgan fingerprint density at radius 2 is 2.21 bits per heavy atom. The number of rotatable bonds is 0. The van der Waals surface area contributed by atoms with Gasteiger partial charge in [0.2, 0.25) is 0 Å². The van der Waals surface area contributed by atoms with Crippen LogP contribution < -0.4 is 0 Å². The third-order valence-electron chi connectivity index (χ3n) is 2.37. The largest absolute Gasteiger partial charge is 0.409 e. The lowest BCUT2D eigenvalue weighted by molar-refractivity contribution is -0.172. The first-order valence-electron chi connectivity index (χ1n) is 4.28. The molecular formula is C8H8BrF3N2. The number of aryl methyl sites for hydroxylation is 1. The highest BCUT2D eigenvalue weighted by molar-refractivity contribution is 9.10. The van der Waals surface area contributed by atoms with Crippen LogP contribution in [0.4, 0.5) is 13.2 Å². The average molecular weight is 269 g/mol. The number of nitrogens with zero attached hydrogens (tertiary/aromatic N) is 2. The van der Waals surface area contributed by atoms with Gasteiger partial charge in [-0.05, 0) is 28.8 Å². The standard InChI is InChI=1S/C8H8BrF3N2/c9-6-4-14-5(8(10,11)12)2-1-3-7(14)13-6/h4-5H,1-3H2. The topological polar surface area (TPSA) is 17.8 Å². The van der Waals surface area contributed by atoms with Crippen LogP contribution in [0.15, 0.2) is 10.8 Å². The fourth-order valence-corrected chi connectivity index (χ4v) is 2.19. The summed E-state index contributed by atoms with van der Waals surface area (Å²) in [6.07, 6.45) is -1.44. The Balaban J connectivity index is 2.40. The summed E-state index contributed by atoms with van der Waals surface area (Å²) in [4.78, 5) is 3.99. The molecule has 6 heteroatoms. The SMILES string of the molecule is FC(F)(F)C1CCCc2nc(Br)cn21. The van der Waals surface area contributed by atoms with Gasteiger partial charge >= 0.3 is 6.18 Å². The van der Waals surface area contributed by atoms with E-state index >= 15 is 0 Å². The van der Waals surface area contributed by atoms with Crippen molar-refractivity contribution in [1.82, 2.24) is 9.55 Å². The molecule has 2 nitrogen and oxygen atoms in total. The molecule has 0 aromatic carbocycles. The molecule has 0 bridgehead atoms. The van der Waals surface area contributed by atoms with Gasteiger partial charge in [-0.15, -0.1) is 0 Å². The van der Waals surface area contributed by atoms with Crippen molar-refractivity contribution in [1.29, 1.82) is 0 Å². The van der Waals surface area contributed by atoms with Gasteiger partial charge in [0.25, 0.3) is 0 Å². The lowest BCUT2D eigenvalue weighted by atomic mass is 10.0. The zero-order valence-electron chi connectivity index (χ0n) is 7.18. The Bertz CT molecular complexity index is 345. The molecule has 14 heavy (non-hydrogen) atoms. The second-order valence-electron chi connectivity index (χ2n) is 3.34. The van der Waals surface area contributed by atoms with Gasteiger partial charge in [-0.3, -0.25) is 0 Å². The van der Waals surface area contributed by atoms with Crippen molar-refractivity contribution >= 4 is 15.9 Å². The molecule has 0 saturated carbocycles. The fourth-order valence-electron chi connectivity index (χ4n) is 1.77. The van der Waals surface area contributed by atoms with Crippen molar-refractivity contribution in [3.05, 3.63) is 16.6 Å². The first-order chi connectivity index (χ1) is 6.48. The Labute approximate surface area is 87.3 Å². The summed E-state index contributed by atoms with van der Waals surface area (Å²) in [6.45, 7) is 0. The van der Waals surface area contributed by atoms with E-state index in [1.54, 1.807) is 0 Å². The second-order valence-corrected chi connectivity index (χ2v) is 4.15. The van der Waals surface area contributed by atoms with Gasteiger partial charge < -0.3 is 4.57 Å². The monoisotopic (exact) mass is 268 g/mol. The van der Waals surface area contributed by atoms with E-state index in [2.05, 4.69) is 20.9 Å². The quantitative estimate of drug-likeness (QED) is 0.707. The third kappa shape index (κ3) is 1.67. The van der Waals surface area contributed by atoms with Crippen molar-refractivity contribution in [3.8, 4) is 0 Å². The molecule has 1 atom stereocenters. The van der Waals surface area contributed by atoms with Crippen LogP contribution in [0.2, 0.25) is 0 Å². The minimum atomic E-state index is -4.17. The fraction of sp³-hybridized carbons (Fsp3) is 0.625. The van der Waals surface area contributed by atoms with E-state index in [0.29, 0.717) is 23.3 Å². The Morgan fingerprint density at radius 1 is 1.50 bits per heavy atom. The maximum absolute atomic E-state index is 12.6. The lowest BCUT2D eigenvalue weighted by Crippen LogP contribution is -2.30. The zero-order chi connectivity index (χ0) is 10.3. The van der Waals surface area contributed by atoms with Gasteiger partial charge in [-0.2, -0.15) is 13.2 Å². The molecule has 0 radical (unpaired) electrons. The average Bonchev–Trinajstić information content (AvgIpc) is 2.41. The molecule has 2 heterocycles. The minimum Gasteiger partial charge on any atom is -0.322 e. The Morgan fingerprint density at radius 3 is 2.86 bits per heavy atom. The van der Waals surface area contributed by atoms with E-state index in [0.717, 1.165) is 0 Å². The number of halogens is 4. The first-order valence-corrected chi connectivity index (χ1v) is 5.08.